The molecule has 1 saturated heterocycles. The zero-order valence-electron chi connectivity index (χ0n) is 16.6. The normalized spacial score (nSPS) is 34.7. The van der Waals surface area contributed by atoms with Crippen LogP contribution in [0.1, 0.15) is 23.0 Å². The van der Waals surface area contributed by atoms with Gasteiger partial charge in [0.1, 0.15) is 5.76 Å². The number of benzene rings is 1. The largest absolute Gasteiger partial charge is 0.469 e. The van der Waals surface area contributed by atoms with Gasteiger partial charge >= 0.3 is 4.87 Å². The standard InChI is InChI=1S/C23H17ClN2O4S2/c24-9-3-5-10(6-4-9)26-21(27)15-11-8-12(16(15)22(26)28)18-14(11)17(13-2-1-7-30-13)19-20(31-18)25-23(29)32-19/h1-7,11-12,14-18H,8H2,(H,25,29)/t11-,12-,14-,15-,16+,17+,18+/m0/s1. The molecular weight excluding hydrogens is 468 g/mol. The van der Waals surface area contributed by atoms with E-state index in [0.717, 1.165) is 22.1 Å². The summed E-state index contributed by atoms with van der Waals surface area (Å²) in [5.41, 5.74) is 0.583. The number of thiazole rings is 1. The van der Waals surface area contributed by atoms with E-state index >= 15 is 0 Å². The molecule has 2 amide bonds. The highest BCUT2D eigenvalue weighted by Gasteiger charge is 2.70. The second-order valence-electron chi connectivity index (χ2n) is 8.96. The number of anilines is 1. The first kappa shape index (κ1) is 19.2. The van der Waals surface area contributed by atoms with Gasteiger partial charge in [-0.1, -0.05) is 22.9 Å². The van der Waals surface area contributed by atoms with E-state index < -0.39 is 0 Å². The van der Waals surface area contributed by atoms with Crippen LogP contribution in [0.25, 0.3) is 0 Å². The molecule has 0 radical (unpaired) electrons. The van der Waals surface area contributed by atoms with Crippen molar-refractivity contribution in [2.45, 2.75) is 22.6 Å². The highest BCUT2D eigenvalue weighted by Crippen LogP contribution is 2.68. The van der Waals surface area contributed by atoms with Crippen molar-refractivity contribution in [3.63, 3.8) is 0 Å². The van der Waals surface area contributed by atoms with Crippen molar-refractivity contribution < 1.29 is 14.0 Å². The Morgan fingerprint density at radius 2 is 1.78 bits per heavy atom. The van der Waals surface area contributed by atoms with Gasteiger partial charge in [0.25, 0.3) is 0 Å². The zero-order valence-corrected chi connectivity index (χ0v) is 19.0. The van der Waals surface area contributed by atoms with Gasteiger partial charge in [0.2, 0.25) is 11.8 Å². The molecule has 7 rings (SSSR count). The molecule has 1 N–H and O–H groups in total. The number of amides is 2. The minimum atomic E-state index is -0.320. The Labute approximate surface area is 195 Å². The van der Waals surface area contributed by atoms with Gasteiger partial charge in [-0.05, 0) is 60.6 Å². The Balaban J connectivity index is 1.32. The van der Waals surface area contributed by atoms with Crippen LogP contribution in [0.3, 0.4) is 0 Å². The number of aromatic nitrogens is 1. The van der Waals surface area contributed by atoms with E-state index in [1.807, 2.05) is 12.1 Å². The average molecular weight is 485 g/mol. The molecule has 9 heteroatoms. The minimum Gasteiger partial charge on any atom is -0.469 e. The molecule has 4 aliphatic rings. The first-order chi connectivity index (χ1) is 15.5. The van der Waals surface area contributed by atoms with Crippen molar-refractivity contribution in [1.29, 1.82) is 0 Å². The molecule has 2 bridgehead atoms. The van der Waals surface area contributed by atoms with Gasteiger partial charge in [-0.3, -0.25) is 19.3 Å². The highest BCUT2D eigenvalue weighted by atomic mass is 35.5. The molecule has 6 nitrogen and oxygen atoms in total. The minimum absolute atomic E-state index is 0.0707. The lowest BCUT2D eigenvalue weighted by atomic mass is 9.69. The third-order valence-corrected chi connectivity index (χ3v) is 10.5. The fraction of sp³-hybridized carbons (Fsp3) is 0.348. The van der Waals surface area contributed by atoms with Crippen molar-refractivity contribution in [2.24, 2.45) is 29.6 Å². The van der Waals surface area contributed by atoms with E-state index in [2.05, 4.69) is 4.98 Å². The molecule has 1 aromatic carbocycles. The second-order valence-corrected chi connectivity index (χ2v) is 11.6. The summed E-state index contributed by atoms with van der Waals surface area (Å²) in [6.07, 6.45) is 2.52. The number of nitrogens with one attached hydrogen (secondary N) is 1. The maximum atomic E-state index is 13.6. The van der Waals surface area contributed by atoms with Gasteiger partial charge < -0.3 is 9.40 Å². The van der Waals surface area contributed by atoms with E-state index in [4.69, 9.17) is 16.0 Å². The summed E-state index contributed by atoms with van der Waals surface area (Å²) in [4.78, 5) is 44.5. The molecule has 2 aliphatic heterocycles. The fourth-order valence-electron chi connectivity index (χ4n) is 6.65. The maximum absolute atomic E-state index is 13.6. The second kappa shape index (κ2) is 6.62. The van der Waals surface area contributed by atoms with Crippen LogP contribution in [-0.4, -0.2) is 22.0 Å². The molecule has 3 fully saturated rings. The van der Waals surface area contributed by atoms with Crippen LogP contribution in [0, 0.1) is 29.6 Å². The lowest BCUT2D eigenvalue weighted by Crippen LogP contribution is -2.42. The van der Waals surface area contributed by atoms with Crippen LogP contribution < -0.4 is 9.77 Å². The van der Waals surface area contributed by atoms with Crippen LogP contribution in [0.5, 0.6) is 0 Å². The molecule has 7 atom stereocenters. The SMILES string of the molecule is O=C1[C@@H]2[C@@H]3C[C@H]([C@@H]2C(=O)N1c1ccc(Cl)cc1)[C@H]1[C@@H](c2ccco2)c2sc(=O)[nH]c2S[C@H]31. The summed E-state index contributed by atoms with van der Waals surface area (Å²) >= 11 is 8.92. The number of H-pyrrole nitrogens is 1. The quantitative estimate of drug-likeness (QED) is 0.546. The van der Waals surface area contributed by atoms with Crippen molar-refractivity contribution in [3.05, 3.63) is 68.0 Å². The number of halogens is 1. The summed E-state index contributed by atoms with van der Waals surface area (Å²) in [7, 11) is 0. The third kappa shape index (κ3) is 2.40. The lowest BCUT2D eigenvalue weighted by molar-refractivity contribution is -0.123. The number of fused-ring (bicyclic) bond motifs is 9. The Kier molecular flexibility index (Phi) is 3.97. The number of hydrogen-bond acceptors (Lipinski definition) is 6. The summed E-state index contributed by atoms with van der Waals surface area (Å²) in [6, 6.07) is 10.7. The molecule has 0 unspecified atom stereocenters. The Hall–Kier alpha value is -2.29. The van der Waals surface area contributed by atoms with E-state index in [9.17, 15) is 14.4 Å². The highest BCUT2D eigenvalue weighted by molar-refractivity contribution is 8.00. The Morgan fingerprint density at radius 1 is 1.03 bits per heavy atom. The smallest absolute Gasteiger partial charge is 0.305 e. The number of aromatic amines is 1. The predicted molar refractivity (Wildman–Crippen MR) is 121 cm³/mol. The van der Waals surface area contributed by atoms with Crippen LogP contribution in [0.4, 0.5) is 5.69 Å². The monoisotopic (exact) mass is 484 g/mol. The van der Waals surface area contributed by atoms with Gasteiger partial charge in [-0.15, -0.1) is 11.8 Å². The van der Waals surface area contributed by atoms with Gasteiger partial charge in [-0.25, -0.2) is 0 Å². The topological polar surface area (TPSA) is 83.4 Å². The van der Waals surface area contributed by atoms with E-state index in [1.165, 1.54) is 16.2 Å². The molecule has 162 valence electrons. The van der Waals surface area contributed by atoms with Crippen LogP contribution in [-0.2, 0) is 9.59 Å². The van der Waals surface area contributed by atoms with Gasteiger partial charge in [0.05, 0.1) is 39.6 Å². The Morgan fingerprint density at radius 3 is 2.50 bits per heavy atom. The van der Waals surface area contributed by atoms with E-state index in [-0.39, 0.29) is 57.4 Å². The first-order valence-electron chi connectivity index (χ1n) is 10.6. The number of hydrogen-bond donors (Lipinski definition) is 1. The van der Waals surface area contributed by atoms with E-state index in [1.54, 1.807) is 42.3 Å². The molecule has 32 heavy (non-hydrogen) atoms. The van der Waals surface area contributed by atoms with E-state index in [0.29, 0.717) is 10.7 Å². The fourth-order valence-corrected chi connectivity index (χ4v) is 9.64. The van der Waals surface area contributed by atoms with Crippen molar-refractivity contribution >= 4 is 52.2 Å². The van der Waals surface area contributed by atoms with Crippen LogP contribution >= 0.6 is 34.7 Å². The maximum Gasteiger partial charge on any atom is 0.305 e. The predicted octanol–water partition coefficient (Wildman–Crippen LogP) is 4.36. The summed E-state index contributed by atoms with van der Waals surface area (Å²) in [5.74, 6) is 0.252. The van der Waals surface area contributed by atoms with Gasteiger partial charge in [0.15, 0.2) is 0 Å². The van der Waals surface area contributed by atoms with Crippen molar-refractivity contribution in [3.8, 4) is 0 Å². The average Bonchev–Trinajstić information content (AvgIpc) is 3.57. The number of imide groups is 1. The van der Waals surface area contributed by atoms with Gasteiger partial charge in [0, 0.05) is 10.3 Å². The van der Waals surface area contributed by atoms with Gasteiger partial charge in [-0.2, -0.15) is 0 Å². The van der Waals surface area contributed by atoms with Crippen molar-refractivity contribution in [1.82, 2.24) is 4.98 Å². The number of rotatable bonds is 2. The van der Waals surface area contributed by atoms with Crippen molar-refractivity contribution in [2.75, 3.05) is 4.90 Å². The summed E-state index contributed by atoms with van der Waals surface area (Å²) < 4.78 is 5.82. The number of thioether (sulfide) groups is 1. The molecule has 0 spiro atoms. The molecule has 2 aliphatic carbocycles. The molecular formula is C23H17ClN2O4S2. The van der Waals surface area contributed by atoms with Crippen LogP contribution in [0.2, 0.25) is 5.02 Å². The van der Waals surface area contributed by atoms with Crippen LogP contribution in [0.15, 0.2) is 56.9 Å². The number of furan rings is 1. The number of carbonyl (C=O) groups excluding carboxylic acids is 2. The Bertz CT molecular complexity index is 1310. The first-order valence-corrected chi connectivity index (χ1v) is 12.7. The lowest BCUT2D eigenvalue weighted by Gasteiger charge is -2.42. The summed E-state index contributed by atoms with van der Waals surface area (Å²) in [6.45, 7) is 0. The zero-order chi connectivity index (χ0) is 21.7. The molecule has 3 aromatic rings. The molecule has 4 heterocycles. The number of carbonyl (C=O) groups is 2. The molecule has 2 aromatic heterocycles. The summed E-state index contributed by atoms with van der Waals surface area (Å²) in [5, 5.41) is 1.62. The number of nitrogens with zero attached hydrogens (tertiary/aromatic N) is 1. The molecule has 2 saturated carbocycles. The third-order valence-electron chi connectivity index (χ3n) is 7.66.